The van der Waals surface area contributed by atoms with E-state index in [4.69, 9.17) is 9.47 Å². The number of carbonyl (C=O) groups excluding carboxylic acids is 2. The Bertz CT molecular complexity index is 2810. The van der Waals surface area contributed by atoms with Crippen molar-refractivity contribution in [2.24, 2.45) is 0 Å². The summed E-state index contributed by atoms with van der Waals surface area (Å²) >= 11 is 0. The summed E-state index contributed by atoms with van der Waals surface area (Å²) in [6.07, 6.45) is 0. The zero-order valence-corrected chi connectivity index (χ0v) is 42.0. The predicted molar refractivity (Wildman–Crippen MR) is 255 cm³/mol. The average Bonchev–Trinajstić information content (AvgIpc) is 3.29. The lowest BCUT2D eigenvalue weighted by Gasteiger charge is -2.33. The van der Waals surface area contributed by atoms with Crippen LogP contribution in [0.1, 0.15) is 22.3 Å². The SMILES string of the molecule is Cc1ccc(S(=O)(=O)N2CCN3CCOCCOCCN(CCN(S(=O)(=O)c4ccc(C)cc4)CC2)C(=O)CN(S(=O)(=O)c2ccc(C)cc2)CC(=O)N(S(=O)(=O)c2ccc(C)cc2)CC3)cc1. The molecule has 0 spiro atoms. The molecule has 1 atom stereocenters. The van der Waals surface area contributed by atoms with E-state index in [0.717, 1.165) is 26.6 Å². The maximum absolute atomic E-state index is 14.7. The van der Waals surface area contributed by atoms with Gasteiger partial charge in [0, 0.05) is 65.4 Å². The van der Waals surface area contributed by atoms with Crippen molar-refractivity contribution in [1.82, 2.24) is 27.0 Å². The van der Waals surface area contributed by atoms with Crippen molar-refractivity contribution < 1.29 is 52.7 Å². The zero-order valence-electron chi connectivity index (χ0n) is 38.8. The van der Waals surface area contributed by atoms with Crippen molar-refractivity contribution in [2.75, 3.05) is 105 Å². The second-order valence-electron chi connectivity index (χ2n) is 16.8. The largest absolute Gasteiger partial charge is 0.378 e. The molecule has 370 valence electrons. The molecule has 3 fully saturated rings. The van der Waals surface area contributed by atoms with Crippen molar-refractivity contribution in [3.63, 3.8) is 0 Å². The molecule has 0 N–H and O–H groups in total. The molecule has 22 heteroatoms. The highest BCUT2D eigenvalue weighted by Gasteiger charge is 2.37. The molecule has 4 aromatic rings. The van der Waals surface area contributed by atoms with E-state index >= 15 is 0 Å². The van der Waals surface area contributed by atoms with Crippen LogP contribution in [0, 0.1) is 27.7 Å². The standard InChI is InChI=1S/C46H60N6O12S4/c1-37-5-13-41(14-6-37)65(55,56)49-24-21-47-22-28-52(68(61,62)44-19-11-40(4)12-20-44)46(54)36-51(67(59,60)43-17-9-39(3)10-18-43)35-45(53)48(30-32-64-34-33-63-31-29-47)23-25-50(27-26-49)66(57,58)42-15-7-38(2)8-16-42/h5-20H,21-36H2,1-4H3. The molecule has 3 saturated heterocycles. The van der Waals surface area contributed by atoms with Crippen molar-refractivity contribution in [2.45, 2.75) is 47.3 Å². The number of carbonyl (C=O) groups is 2. The summed E-state index contributed by atoms with van der Waals surface area (Å²) in [7, 11) is -18.0. The molecule has 2 bridgehead atoms. The first kappa shape index (κ1) is 52.7. The van der Waals surface area contributed by atoms with Crippen LogP contribution in [0.5, 0.6) is 0 Å². The van der Waals surface area contributed by atoms with Gasteiger partial charge in [-0.3, -0.25) is 14.5 Å². The van der Waals surface area contributed by atoms with Gasteiger partial charge < -0.3 is 14.4 Å². The quantitative estimate of drug-likeness (QED) is 0.249. The van der Waals surface area contributed by atoms with Crippen LogP contribution in [0.15, 0.2) is 117 Å². The maximum atomic E-state index is 14.7. The lowest BCUT2D eigenvalue weighted by atomic mass is 10.2. The topological polar surface area (TPSA) is 209 Å². The fraction of sp³-hybridized carbons (Fsp3) is 0.435. The van der Waals surface area contributed by atoms with Crippen LogP contribution in [-0.2, 0) is 59.2 Å². The van der Waals surface area contributed by atoms with E-state index < -0.39 is 71.5 Å². The molecule has 1 unspecified atom stereocenters. The number of aryl methyl sites for hydroxylation is 4. The molecule has 3 heterocycles. The fourth-order valence-corrected chi connectivity index (χ4v) is 13.1. The number of amides is 2. The van der Waals surface area contributed by atoms with Gasteiger partial charge in [-0.05, 0) is 76.2 Å². The zero-order chi connectivity index (χ0) is 49.3. The summed E-state index contributed by atoms with van der Waals surface area (Å²) in [5.74, 6) is -1.99. The van der Waals surface area contributed by atoms with E-state index in [2.05, 4.69) is 0 Å². The van der Waals surface area contributed by atoms with Gasteiger partial charge in [0.05, 0.1) is 59.1 Å². The highest BCUT2D eigenvalue weighted by Crippen LogP contribution is 2.23. The summed E-state index contributed by atoms with van der Waals surface area (Å²) in [5.41, 5.74) is 3.11. The van der Waals surface area contributed by atoms with Gasteiger partial charge in [0.2, 0.25) is 36.0 Å². The molecule has 0 saturated carbocycles. The Hall–Kier alpha value is -4.62. The normalized spacial score (nSPS) is 19.7. The van der Waals surface area contributed by atoms with E-state index in [9.17, 15) is 43.3 Å². The summed E-state index contributed by atoms with van der Waals surface area (Å²) in [6.45, 7) is 3.06. The third-order valence-corrected chi connectivity index (χ3v) is 19.2. The van der Waals surface area contributed by atoms with Crippen LogP contribution in [0.25, 0.3) is 0 Å². The number of rotatable bonds is 8. The van der Waals surface area contributed by atoms with Crippen molar-refractivity contribution in [3.8, 4) is 0 Å². The summed E-state index contributed by atoms with van der Waals surface area (Å²) in [5, 5.41) is 0. The van der Waals surface area contributed by atoms with Crippen molar-refractivity contribution >= 4 is 51.9 Å². The van der Waals surface area contributed by atoms with Gasteiger partial charge >= 0.3 is 0 Å². The highest BCUT2D eigenvalue weighted by molar-refractivity contribution is 7.90. The summed E-state index contributed by atoms with van der Waals surface area (Å²) in [6, 6.07) is 24.0. The number of fused-ring (bicyclic) bond motifs is 21. The number of hydrogen-bond donors (Lipinski definition) is 0. The molecule has 68 heavy (non-hydrogen) atoms. The van der Waals surface area contributed by atoms with Gasteiger partial charge in [-0.25, -0.2) is 38.0 Å². The van der Waals surface area contributed by atoms with Crippen LogP contribution in [0.3, 0.4) is 0 Å². The number of ether oxygens (including phenoxy) is 2. The molecule has 3 aliphatic rings. The lowest BCUT2D eigenvalue weighted by Crippen LogP contribution is -2.52. The van der Waals surface area contributed by atoms with Crippen LogP contribution < -0.4 is 0 Å². The van der Waals surface area contributed by atoms with Gasteiger partial charge in [-0.2, -0.15) is 12.9 Å². The van der Waals surface area contributed by atoms with Gasteiger partial charge in [0.25, 0.3) is 15.9 Å². The molecule has 7 rings (SSSR count). The Labute approximate surface area is 401 Å². The molecule has 3 aliphatic heterocycles. The number of nitrogens with zero attached hydrogens (tertiary/aromatic N) is 6. The molecule has 0 aliphatic carbocycles. The molecule has 18 nitrogen and oxygen atoms in total. The van der Waals surface area contributed by atoms with Crippen LogP contribution in [-0.4, -0.2) is 177 Å². The first-order chi connectivity index (χ1) is 32.2. The molecular formula is C46H60N6O12S4. The van der Waals surface area contributed by atoms with Crippen molar-refractivity contribution in [3.05, 3.63) is 119 Å². The van der Waals surface area contributed by atoms with Gasteiger partial charge in [-0.1, -0.05) is 70.8 Å². The van der Waals surface area contributed by atoms with Crippen LogP contribution in [0.2, 0.25) is 0 Å². The van der Waals surface area contributed by atoms with E-state index in [0.29, 0.717) is 8.61 Å². The summed E-state index contributed by atoms with van der Waals surface area (Å²) in [4.78, 5) is 31.7. The molecule has 2 amide bonds. The Morgan fingerprint density at radius 2 is 0.691 bits per heavy atom. The van der Waals surface area contributed by atoms with E-state index in [-0.39, 0.29) is 105 Å². The minimum absolute atomic E-state index is 0.0293. The number of hydrogen-bond acceptors (Lipinski definition) is 13. The minimum Gasteiger partial charge on any atom is -0.378 e. The van der Waals surface area contributed by atoms with E-state index in [1.165, 1.54) is 57.7 Å². The molecule has 0 aromatic heterocycles. The third-order valence-electron chi connectivity index (χ3n) is 11.8. The predicted octanol–water partition coefficient (Wildman–Crippen LogP) is 2.70. The monoisotopic (exact) mass is 1020 g/mol. The van der Waals surface area contributed by atoms with E-state index in [1.807, 2.05) is 6.92 Å². The van der Waals surface area contributed by atoms with Gasteiger partial charge in [0.1, 0.15) is 0 Å². The first-order valence-corrected chi connectivity index (χ1v) is 27.9. The van der Waals surface area contributed by atoms with Crippen molar-refractivity contribution in [1.29, 1.82) is 0 Å². The second kappa shape index (κ2) is 22.9. The maximum Gasteiger partial charge on any atom is 0.266 e. The molecule has 4 aromatic carbocycles. The average molecular weight is 1020 g/mol. The Morgan fingerprint density at radius 1 is 0.353 bits per heavy atom. The van der Waals surface area contributed by atoms with Gasteiger partial charge in [0.15, 0.2) is 0 Å². The minimum atomic E-state index is -4.67. The van der Waals surface area contributed by atoms with Crippen LogP contribution in [0.4, 0.5) is 0 Å². The molecule has 0 radical (unpaired) electrons. The Morgan fingerprint density at radius 3 is 1.13 bits per heavy atom. The van der Waals surface area contributed by atoms with Crippen LogP contribution >= 0.6 is 0 Å². The smallest absolute Gasteiger partial charge is 0.266 e. The highest BCUT2D eigenvalue weighted by atomic mass is 32.2. The lowest BCUT2D eigenvalue weighted by molar-refractivity contribution is -0.133. The molecular weight excluding hydrogens is 957 g/mol. The number of sulfonamides is 4. The third kappa shape index (κ3) is 13.2. The number of benzene rings is 4. The summed E-state index contributed by atoms with van der Waals surface area (Å²) < 4.78 is 131. The first-order valence-electron chi connectivity index (χ1n) is 22.2. The Balaban J connectivity index is 1.50. The van der Waals surface area contributed by atoms with E-state index in [1.54, 1.807) is 74.2 Å². The fourth-order valence-electron chi connectivity index (χ4n) is 7.53. The second-order valence-corrected chi connectivity index (χ2v) is 24.4. The van der Waals surface area contributed by atoms with Gasteiger partial charge in [-0.15, -0.1) is 0 Å². The Kier molecular flexibility index (Phi) is 17.7.